The summed E-state index contributed by atoms with van der Waals surface area (Å²) in [6.45, 7) is 4.45. The first-order valence-electron chi connectivity index (χ1n) is 10.4. The topological polar surface area (TPSA) is 75.7 Å². The van der Waals surface area contributed by atoms with Crippen LogP contribution in [0.4, 0.5) is 11.4 Å². The summed E-state index contributed by atoms with van der Waals surface area (Å²) in [5, 5.41) is 0. The number of hydrogen-bond donors (Lipinski definition) is 1. The van der Waals surface area contributed by atoms with Crippen LogP contribution in [0.15, 0.2) is 35.2 Å². The van der Waals surface area contributed by atoms with Gasteiger partial charge in [0.25, 0.3) is 10.0 Å². The van der Waals surface area contributed by atoms with Crippen LogP contribution in [0.5, 0.6) is 5.75 Å². The molecule has 2 aromatic rings. The van der Waals surface area contributed by atoms with Crippen molar-refractivity contribution in [1.29, 1.82) is 0 Å². The zero-order valence-corrected chi connectivity index (χ0v) is 18.5. The van der Waals surface area contributed by atoms with Crippen molar-refractivity contribution in [3.05, 3.63) is 47.0 Å². The molecule has 1 aliphatic carbocycles. The molecule has 160 valence electrons. The minimum absolute atomic E-state index is 0.117. The van der Waals surface area contributed by atoms with Crippen molar-refractivity contribution in [3.63, 3.8) is 0 Å². The Balaban J connectivity index is 1.58. The highest BCUT2D eigenvalue weighted by Gasteiger charge is 2.32. The summed E-state index contributed by atoms with van der Waals surface area (Å²) < 4.78 is 34.1. The highest BCUT2D eigenvalue weighted by atomic mass is 32.2. The summed E-state index contributed by atoms with van der Waals surface area (Å²) in [7, 11) is -2.34. The number of ether oxygens (including phenoxy) is 1. The third-order valence-corrected chi connectivity index (χ3v) is 7.67. The molecular weight excluding hydrogens is 400 g/mol. The molecule has 7 heteroatoms. The van der Waals surface area contributed by atoms with Gasteiger partial charge < -0.3 is 9.64 Å². The number of carbonyl (C=O) groups is 1. The Bertz CT molecular complexity index is 1090. The van der Waals surface area contributed by atoms with Crippen molar-refractivity contribution in [1.82, 2.24) is 0 Å². The maximum atomic E-state index is 13.0. The normalized spacial score (nSPS) is 16.6. The molecule has 1 N–H and O–H groups in total. The number of sulfonamides is 1. The van der Waals surface area contributed by atoms with Gasteiger partial charge in [-0.15, -0.1) is 0 Å². The molecule has 1 fully saturated rings. The van der Waals surface area contributed by atoms with Crippen LogP contribution < -0.4 is 14.4 Å². The Morgan fingerprint density at radius 2 is 1.80 bits per heavy atom. The quantitative estimate of drug-likeness (QED) is 0.775. The number of anilines is 2. The third kappa shape index (κ3) is 3.78. The van der Waals surface area contributed by atoms with Gasteiger partial charge in [-0.2, -0.15) is 0 Å². The van der Waals surface area contributed by atoms with Crippen LogP contribution in [0.1, 0.15) is 42.4 Å². The number of amides is 1. The van der Waals surface area contributed by atoms with Gasteiger partial charge in [-0.05, 0) is 80.1 Å². The van der Waals surface area contributed by atoms with E-state index in [4.69, 9.17) is 4.74 Å². The molecular formula is C23H28N2O4S. The van der Waals surface area contributed by atoms with Crippen molar-refractivity contribution < 1.29 is 17.9 Å². The van der Waals surface area contributed by atoms with E-state index in [2.05, 4.69) is 4.72 Å². The molecule has 6 nitrogen and oxygen atoms in total. The number of fused-ring (bicyclic) bond motifs is 1. The average Bonchev–Trinajstić information content (AvgIpc) is 3.38. The van der Waals surface area contributed by atoms with Crippen LogP contribution >= 0.6 is 0 Å². The third-order valence-electron chi connectivity index (χ3n) is 6.27. The van der Waals surface area contributed by atoms with Gasteiger partial charge in [-0.25, -0.2) is 8.42 Å². The summed E-state index contributed by atoms with van der Waals surface area (Å²) >= 11 is 0. The molecule has 30 heavy (non-hydrogen) atoms. The number of nitrogens with zero attached hydrogens (tertiary/aromatic N) is 1. The number of rotatable bonds is 5. The lowest BCUT2D eigenvalue weighted by Gasteiger charge is -2.21. The monoisotopic (exact) mass is 428 g/mol. The summed E-state index contributed by atoms with van der Waals surface area (Å²) in [6, 6.07) is 8.78. The van der Waals surface area contributed by atoms with E-state index in [1.54, 1.807) is 18.2 Å². The van der Waals surface area contributed by atoms with Crippen molar-refractivity contribution in [3.8, 4) is 5.75 Å². The first-order valence-corrected chi connectivity index (χ1v) is 11.9. The number of carbonyl (C=O) groups excluding carboxylic acids is 1. The van der Waals surface area contributed by atoms with E-state index in [-0.39, 0.29) is 16.7 Å². The molecule has 1 aliphatic heterocycles. The lowest BCUT2D eigenvalue weighted by atomic mass is 10.1. The molecule has 0 radical (unpaired) electrons. The summed E-state index contributed by atoms with van der Waals surface area (Å²) in [6.07, 6.45) is 4.93. The summed E-state index contributed by atoms with van der Waals surface area (Å²) in [4.78, 5) is 14.8. The molecule has 1 heterocycles. The fourth-order valence-corrected chi connectivity index (χ4v) is 5.72. The van der Waals surface area contributed by atoms with Gasteiger partial charge in [0.15, 0.2) is 0 Å². The first kappa shape index (κ1) is 20.7. The Morgan fingerprint density at radius 1 is 1.10 bits per heavy atom. The van der Waals surface area contributed by atoms with Crippen molar-refractivity contribution in [2.75, 3.05) is 23.3 Å². The molecule has 1 amide bonds. The average molecular weight is 429 g/mol. The molecule has 4 rings (SSSR count). The smallest absolute Gasteiger partial charge is 0.265 e. The molecule has 2 aromatic carbocycles. The second-order valence-electron chi connectivity index (χ2n) is 8.26. The molecule has 0 bridgehead atoms. The maximum Gasteiger partial charge on any atom is 0.265 e. The Labute approximate surface area is 178 Å². The number of hydrogen-bond acceptors (Lipinski definition) is 4. The van der Waals surface area contributed by atoms with Crippen molar-refractivity contribution >= 4 is 27.3 Å². The highest BCUT2D eigenvalue weighted by molar-refractivity contribution is 7.92. The largest absolute Gasteiger partial charge is 0.495 e. The van der Waals surface area contributed by atoms with Gasteiger partial charge >= 0.3 is 0 Å². The van der Waals surface area contributed by atoms with E-state index in [1.807, 2.05) is 30.9 Å². The minimum atomic E-state index is -3.81. The minimum Gasteiger partial charge on any atom is -0.495 e. The number of nitrogens with one attached hydrogen (secondary N) is 1. The van der Waals surface area contributed by atoms with Crippen LogP contribution in [-0.4, -0.2) is 28.0 Å². The fraction of sp³-hybridized carbons (Fsp3) is 0.435. The number of benzene rings is 2. The van der Waals surface area contributed by atoms with Crippen LogP contribution in [0, 0.1) is 19.8 Å². The Morgan fingerprint density at radius 3 is 2.50 bits per heavy atom. The Kier molecular flexibility index (Phi) is 5.49. The second kappa shape index (κ2) is 7.95. The molecule has 0 spiro atoms. The van der Waals surface area contributed by atoms with Gasteiger partial charge in [0.1, 0.15) is 10.6 Å². The predicted molar refractivity (Wildman–Crippen MR) is 118 cm³/mol. The van der Waals surface area contributed by atoms with E-state index in [1.165, 1.54) is 7.11 Å². The second-order valence-corrected chi connectivity index (χ2v) is 9.91. The van der Waals surface area contributed by atoms with E-state index in [9.17, 15) is 13.2 Å². The number of aryl methyl sites for hydroxylation is 2. The summed E-state index contributed by atoms with van der Waals surface area (Å²) in [5.41, 5.74) is 4.23. The lowest BCUT2D eigenvalue weighted by Crippen LogP contribution is -2.33. The molecule has 0 unspecified atom stereocenters. The number of methoxy groups -OCH3 is 1. The standard InChI is InChI=1S/C23H28N2O4S/c1-15-12-21(29-3)22(13-16(15)2)30(27,28)24-19-8-9-20-18(14-19)10-11-25(20)23(26)17-6-4-5-7-17/h8-9,12-14,17,24H,4-7,10-11H2,1-3H3. The van der Waals surface area contributed by atoms with Crippen molar-refractivity contribution in [2.45, 2.75) is 50.8 Å². The lowest BCUT2D eigenvalue weighted by molar-refractivity contribution is -0.122. The van der Waals surface area contributed by atoms with Crippen molar-refractivity contribution in [2.24, 2.45) is 5.92 Å². The zero-order chi connectivity index (χ0) is 21.5. The molecule has 0 atom stereocenters. The summed E-state index contributed by atoms with van der Waals surface area (Å²) in [5.74, 6) is 0.658. The molecule has 0 saturated heterocycles. The maximum absolute atomic E-state index is 13.0. The fourth-order valence-electron chi connectivity index (χ4n) is 4.43. The molecule has 1 saturated carbocycles. The van der Waals surface area contributed by atoms with E-state index < -0.39 is 10.0 Å². The van der Waals surface area contributed by atoms with E-state index in [0.29, 0.717) is 18.0 Å². The van der Waals surface area contributed by atoms with Crippen LogP contribution in [0.25, 0.3) is 0 Å². The molecule has 2 aliphatic rings. The van der Waals surface area contributed by atoms with Gasteiger partial charge in [0.2, 0.25) is 5.91 Å². The van der Waals surface area contributed by atoms with Crippen LogP contribution in [-0.2, 0) is 21.2 Å². The molecule has 0 aromatic heterocycles. The first-order chi connectivity index (χ1) is 14.3. The van der Waals surface area contributed by atoms with Crippen LogP contribution in [0.2, 0.25) is 0 Å². The van der Waals surface area contributed by atoms with Gasteiger partial charge in [0, 0.05) is 23.8 Å². The van der Waals surface area contributed by atoms with E-state index in [0.717, 1.165) is 54.5 Å². The predicted octanol–water partition coefficient (Wildman–Crippen LogP) is 4.19. The zero-order valence-electron chi connectivity index (χ0n) is 17.7. The Hall–Kier alpha value is -2.54. The SMILES string of the molecule is COc1cc(C)c(C)cc1S(=O)(=O)Nc1ccc2c(c1)CCN2C(=O)C1CCCC1. The van der Waals surface area contributed by atoms with E-state index >= 15 is 0 Å². The van der Waals surface area contributed by atoms with Gasteiger partial charge in [-0.3, -0.25) is 9.52 Å². The van der Waals surface area contributed by atoms with Gasteiger partial charge in [0.05, 0.1) is 7.11 Å². The van der Waals surface area contributed by atoms with Crippen LogP contribution in [0.3, 0.4) is 0 Å². The highest BCUT2D eigenvalue weighted by Crippen LogP contribution is 2.36. The van der Waals surface area contributed by atoms with Gasteiger partial charge in [-0.1, -0.05) is 12.8 Å².